The van der Waals surface area contributed by atoms with Crippen LogP contribution >= 0.6 is 0 Å². The van der Waals surface area contributed by atoms with Crippen molar-refractivity contribution >= 4 is 17.5 Å². The number of rotatable bonds is 10. The molecule has 0 spiro atoms. The van der Waals surface area contributed by atoms with Gasteiger partial charge in [0.15, 0.2) is 0 Å². The van der Waals surface area contributed by atoms with Crippen LogP contribution < -0.4 is 15.0 Å². The molecule has 1 N–H and O–H groups in total. The third-order valence-electron chi connectivity index (χ3n) is 3.50. The minimum atomic E-state index is -0.101. The molecule has 1 aromatic carbocycles. The second-order valence-corrected chi connectivity index (χ2v) is 5.38. The van der Waals surface area contributed by atoms with E-state index >= 15 is 0 Å². The summed E-state index contributed by atoms with van der Waals surface area (Å²) >= 11 is 0. The van der Waals surface area contributed by atoms with E-state index in [4.69, 9.17) is 4.74 Å². The lowest BCUT2D eigenvalue weighted by Gasteiger charge is -2.23. The molecule has 5 nitrogen and oxygen atoms in total. The normalized spacial score (nSPS) is 10.2. The molecule has 0 aromatic heterocycles. The summed E-state index contributed by atoms with van der Waals surface area (Å²) in [6.07, 6.45) is 3.52. The van der Waals surface area contributed by atoms with Crippen LogP contribution in [0, 0.1) is 0 Å². The van der Waals surface area contributed by atoms with Gasteiger partial charge in [0.1, 0.15) is 5.75 Å². The zero-order valence-electron chi connectivity index (χ0n) is 14.4. The van der Waals surface area contributed by atoms with Crippen molar-refractivity contribution in [2.75, 3.05) is 24.6 Å². The highest BCUT2D eigenvalue weighted by Gasteiger charge is 2.17. The van der Waals surface area contributed by atoms with Gasteiger partial charge in [-0.1, -0.05) is 31.9 Å². The topological polar surface area (TPSA) is 58.6 Å². The first-order valence-electron chi connectivity index (χ1n) is 8.36. The smallest absolute Gasteiger partial charge is 0.223 e. The SMILES string of the molecule is CCCCCNC(=O)CCN(C(C)=O)c1ccccc1OCC. The molecule has 0 bridgehead atoms. The van der Waals surface area contributed by atoms with Crippen molar-refractivity contribution in [2.24, 2.45) is 0 Å². The molecule has 0 aliphatic rings. The summed E-state index contributed by atoms with van der Waals surface area (Å²) in [5, 5.41) is 2.89. The van der Waals surface area contributed by atoms with Crippen molar-refractivity contribution in [3.63, 3.8) is 0 Å². The number of amides is 2. The maximum atomic E-state index is 12.0. The highest BCUT2D eigenvalue weighted by molar-refractivity contribution is 5.93. The fourth-order valence-corrected chi connectivity index (χ4v) is 2.31. The monoisotopic (exact) mass is 320 g/mol. The molecule has 2 amide bonds. The van der Waals surface area contributed by atoms with Gasteiger partial charge in [0.05, 0.1) is 12.3 Å². The van der Waals surface area contributed by atoms with Crippen LogP contribution in [0.3, 0.4) is 0 Å². The molecule has 23 heavy (non-hydrogen) atoms. The van der Waals surface area contributed by atoms with E-state index in [0.717, 1.165) is 19.3 Å². The largest absolute Gasteiger partial charge is 0.492 e. The molecule has 0 atom stereocenters. The van der Waals surface area contributed by atoms with Crippen molar-refractivity contribution in [3.8, 4) is 5.75 Å². The summed E-state index contributed by atoms with van der Waals surface area (Å²) in [4.78, 5) is 25.4. The van der Waals surface area contributed by atoms with Gasteiger partial charge in [0, 0.05) is 26.4 Å². The third kappa shape index (κ3) is 6.72. The molecule has 0 saturated heterocycles. The van der Waals surface area contributed by atoms with Gasteiger partial charge < -0.3 is 15.0 Å². The highest BCUT2D eigenvalue weighted by atomic mass is 16.5. The van der Waals surface area contributed by atoms with Crippen molar-refractivity contribution in [1.82, 2.24) is 5.32 Å². The van der Waals surface area contributed by atoms with Gasteiger partial charge in [-0.3, -0.25) is 9.59 Å². The van der Waals surface area contributed by atoms with E-state index in [1.165, 1.54) is 6.92 Å². The fourth-order valence-electron chi connectivity index (χ4n) is 2.31. The number of carbonyl (C=O) groups excluding carboxylic acids is 2. The maximum Gasteiger partial charge on any atom is 0.223 e. The Bertz CT molecular complexity index is 503. The van der Waals surface area contributed by atoms with E-state index < -0.39 is 0 Å². The molecule has 0 saturated carbocycles. The van der Waals surface area contributed by atoms with Crippen LogP contribution in [0.5, 0.6) is 5.75 Å². The summed E-state index contributed by atoms with van der Waals surface area (Å²) in [5.41, 5.74) is 0.709. The van der Waals surface area contributed by atoms with Crippen LogP contribution in [0.1, 0.15) is 46.5 Å². The summed E-state index contributed by atoms with van der Waals surface area (Å²) < 4.78 is 5.57. The number of carbonyl (C=O) groups is 2. The maximum absolute atomic E-state index is 12.0. The molecule has 0 aliphatic heterocycles. The highest BCUT2D eigenvalue weighted by Crippen LogP contribution is 2.28. The van der Waals surface area contributed by atoms with Crippen LogP contribution in [0.2, 0.25) is 0 Å². The molecule has 1 aromatic rings. The lowest BCUT2D eigenvalue weighted by molar-refractivity contribution is -0.121. The van der Waals surface area contributed by atoms with Crippen molar-refractivity contribution in [2.45, 2.75) is 46.5 Å². The lowest BCUT2D eigenvalue weighted by atomic mass is 10.2. The van der Waals surface area contributed by atoms with Crippen molar-refractivity contribution in [3.05, 3.63) is 24.3 Å². The molecular formula is C18H28N2O3. The minimum absolute atomic E-state index is 0.0266. The fraction of sp³-hybridized carbons (Fsp3) is 0.556. The lowest BCUT2D eigenvalue weighted by Crippen LogP contribution is -2.34. The van der Waals surface area contributed by atoms with Gasteiger partial charge in [-0.05, 0) is 25.5 Å². The van der Waals surface area contributed by atoms with Gasteiger partial charge in [-0.25, -0.2) is 0 Å². The summed E-state index contributed by atoms with van der Waals surface area (Å²) in [7, 11) is 0. The van der Waals surface area contributed by atoms with Gasteiger partial charge >= 0.3 is 0 Å². The Morgan fingerprint density at radius 2 is 1.91 bits per heavy atom. The van der Waals surface area contributed by atoms with Crippen LogP contribution in [-0.4, -0.2) is 31.5 Å². The van der Waals surface area contributed by atoms with E-state index in [1.54, 1.807) is 4.90 Å². The van der Waals surface area contributed by atoms with E-state index in [1.807, 2.05) is 31.2 Å². The number of ether oxygens (including phenoxy) is 1. The quantitative estimate of drug-likeness (QED) is 0.674. The predicted octanol–water partition coefficient (Wildman–Crippen LogP) is 3.13. The Hall–Kier alpha value is -2.04. The van der Waals surface area contributed by atoms with Crippen LogP contribution in [-0.2, 0) is 9.59 Å². The van der Waals surface area contributed by atoms with Crippen LogP contribution in [0.25, 0.3) is 0 Å². The molecule has 0 unspecified atom stereocenters. The average molecular weight is 320 g/mol. The van der Waals surface area contributed by atoms with E-state index in [9.17, 15) is 9.59 Å². The predicted molar refractivity (Wildman–Crippen MR) is 92.8 cm³/mol. The van der Waals surface area contributed by atoms with Gasteiger partial charge in [0.2, 0.25) is 11.8 Å². The van der Waals surface area contributed by atoms with Gasteiger partial charge in [-0.15, -0.1) is 0 Å². The minimum Gasteiger partial charge on any atom is -0.492 e. The number of nitrogens with one attached hydrogen (secondary N) is 1. The van der Waals surface area contributed by atoms with Crippen LogP contribution in [0.4, 0.5) is 5.69 Å². The molecule has 0 heterocycles. The first kappa shape index (κ1) is 19.0. The van der Waals surface area contributed by atoms with Gasteiger partial charge in [-0.2, -0.15) is 0 Å². The zero-order valence-corrected chi connectivity index (χ0v) is 14.4. The third-order valence-corrected chi connectivity index (χ3v) is 3.50. The number of hydrogen-bond acceptors (Lipinski definition) is 3. The van der Waals surface area contributed by atoms with Gasteiger partial charge in [0.25, 0.3) is 0 Å². The summed E-state index contributed by atoms with van der Waals surface area (Å²) in [5.74, 6) is 0.533. The number of hydrogen-bond donors (Lipinski definition) is 1. The Kier molecular flexibility index (Phi) is 8.80. The second kappa shape index (κ2) is 10.6. The number of unbranched alkanes of at least 4 members (excludes halogenated alkanes) is 2. The number of benzene rings is 1. The second-order valence-electron chi connectivity index (χ2n) is 5.38. The Balaban J connectivity index is 2.63. The van der Waals surface area contributed by atoms with Crippen molar-refractivity contribution in [1.29, 1.82) is 0 Å². The van der Waals surface area contributed by atoms with E-state index in [0.29, 0.717) is 31.1 Å². The number of nitrogens with zero attached hydrogens (tertiary/aromatic N) is 1. The molecule has 128 valence electrons. The van der Waals surface area contributed by atoms with E-state index in [-0.39, 0.29) is 18.2 Å². The molecule has 1 rings (SSSR count). The Labute approximate surface area is 139 Å². The van der Waals surface area contributed by atoms with E-state index in [2.05, 4.69) is 12.2 Å². The average Bonchev–Trinajstić information content (AvgIpc) is 2.53. The molecule has 0 aliphatic carbocycles. The molecule has 0 radical (unpaired) electrons. The molecule has 5 heteroatoms. The molecule has 0 fully saturated rings. The van der Waals surface area contributed by atoms with Crippen molar-refractivity contribution < 1.29 is 14.3 Å². The summed E-state index contributed by atoms with van der Waals surface area (Å²) in [6.45, 7) is 7.10. The molecular weight excluding hydrogens is 292 g/mol. The number of para-hydroxylation sites is 2. The summed E-state index contributed by atoms with van der Waals surface area (Å²) in [6, 6.07) is 7.40. The van der Waals surface area contributed by atoms with Crippen LogP contribution in [0.15, 0.2) is 24.3 Å². The standard InChI is InChI=1S/C18H28N2O3/c1-4-6-9-13-19-18(22)12-14-20(15(3)21)16-10-7-8-11-17(16)23-5-2/h7-8,10-11H,4-6,9,12-14H2,1-3H3,(H,19,22). The number of anilines is 1. The Morgan fingerprint density at radius 1 is 1.17 bits per heavy atom. The first-order chi connectivity index (χ1) is 11.1. The first-order valence-corrected chi connectivity index (χ1v) is 8.36. The Morgan fingerprint density at radius 3 is 2.57 bits per heavy atom. The zero-order chi connectivity index (χ0) is 17.1.